The van der Waals surface area contributed by atoms with Crippen LogP contribution in [-0.2, 0) is 9.59 Å². The topological polar surface area (TPSA) is 66.4 Å². The quantitative estimate of drug-likeness (QED) is 0.509. The third kappa shape index (κ3) is 6.17. The Morgan fingerprint density at radius 3 is 2.53 bits per heavy atom. The van der Waals surface area contributed by atoms with Crippen molar-refractivity contribution in [2.75, 3.05) is 11.5 Å². The lowest BCUT2D eigenvalue weighted by molar-refractivity contribution is -0.142. The molecular weight excluding hydrogens is 214 g/mol. The molecule has 0 bridgehead atoms. The number of nitrogens with one attached hydrogen (secondary N) is 1. The average molecular weight is 231 g/mol. The van der Waals surface area contributed by atoms with Gasteiger partial charge in [0, 0.05) is 5.75 Å². The molecule has 1 unspecified atom stereocenters. The molecule has 0 radical (unpaired) electrons. The molecule has 0 heterocycles. The van der Waals surface area contributed by atoms with E-state index >= 15 is 0 Å². The molecule has 0 aromatic rings. The molecule has 86 valence electrons. The number of hydrogen-bond donors (Lipinski definition) is 2. The molecule has 0 rings (SSSR count). The predicted molar refractivity (Wildman–Crippen MR) is 61.9 cm³/mol. The Labute approximate surface area is 94.1 Å². The van der Waals surface area contributed by atoms with Crippen molar-refractivity contribution in [3.8, 4) is 0 Å². The first-order valence-electron chi connectivity index (χ1n) is 4.69. The van der Waals surface area contributed by atoms with Crippen molar-refractivity contribution in [2.45, 2.75) is 19.9 Å². The Morgan fingerprint density at radius 1 is 1.53 bits per heavy atom. The van der Waals surface area contributed by atoms with E-state index in [-0.39, 0.29) is 17.6 Å². The monoisotopic (exact) mass is 231 g/mol. The number of carboxylic acids is 1. The van der Waals surface area contributed by atoms with Crippen LogP contribution in [0.3, 0.4) is 0 Å². The number of rotatable bonds is 7. The van der Waals surface area contributed by atoms with Crippen LogP contribution < -0.4 is 5.32 Å². The van der Waals surface area contributed by atoms with E-state index in [1.54, 1.807) is 19.9 Å². The summed E-state index contributed by atoms with van der Waals surface area (Å²) in [6, 6.07) is -0.804. The fraction of sp³-hybridized carbons (Fsp3) is 0.600. The fourth-order valence-electron chi connectivity index (χ4n) is 0.964. The largest absolute Gasteiger partial charge is 0.480 e. The molecule has 2 N–H and O–H groups in total. The maximum Gasteiger partial charge on any atom is 0.326 e. The molecule has 0 saturated heterocycles. The first-order chi connectivity index (χ1) is 6.99. The summed E-state index contributed by atoms with van der Waals surface area (Å²) in [6.07, 6.45) is 1.70. The van der Waals surface area contributed by atoms with Crippen molar-refractivity contribution < 1.29 is 14.7 Å². The van der Waals surface area contributed by atoms with Gasteiger partial charge in [-0.3, -0.25) is 4.79 Å². The van der Waals surface area contributed by atoms with Crippen LogP contribution >= 0.6 is 11.8 Å². The molecule has 4 nitrogen and oxygen atoms in total. The lowest BCUT2D eigenvalue weighted by Gasteiger charge is -2.17. The van der Waals surface area contributed by atoms with Crippen LogP contribution in [0, 0.1) is 5.92 Å². The van der Waals surface area contributed by atoms with Crippen LogP contribution in [0.5, 0.6) is 0 Å². The Balaban J connectivity index is 4.00. The van der Waals surface area contributed by atoms with Crippen LogP contribution in [0.4, 0.5) is 0 Å². The highest BCUT2D eigenvalue weighted by atomic mass is 32.2. The van der Waals surface area contributed by atoms with Crippen LogP contribution in [-0.4, -0.2) is 34.5 Å². The molecule has 0 saturated carbocycles. The van der Waals surface area contributed by atoms with E-state index in [0.29, 0.717) is 5.75 Å². The minimum Gasteiger partial charge on any atom is -0.480 e. The van der Waals surface area contributed by atoms with Gasteiger partial charge in [0.15, 0.2) is 0 Å². The molecule has 1 atom stereocenters. The van der Waals surface area contributed by atoms with E-state index in [9.17, 15) is 9.59 Å². The molecular formula is C10H17NO3S. The van der Waals surface area contributed by atoms with Crippen molar-refractivity contribution in [1.29, 1.82) is 0 Å². The van der Waals surface area contributed by atoms with Gasteiger partial charge in [0.25, 0.3) is 0 Å². The van der Waals surface area contributed by atoms with Gasteiger partial charge in [0.2, 0.25) is 5.91 Å². The Kier molecular flexibility index (Phi) is 6.86. The standard InChI is InChI=1S/C10H17NO3S/c1-4-5-15-6-8(12)11-9(7(2)3)10(13)14/h4,7,9H,1,5-6H2,2-3H3,(H,11,12)(H,13,14). The zero-order chi connectivity index (χ0) is 11.8. The van der Waals surface area contributed by atoms with Crippen molar-refractivity contribution in [3.63, 3.8) is 0 Å². The van der Waals surface area contributed by atoms with E-state index < -0.39 is 12.0 Å². The van der Waals surface area contributed by atoms with Crippen molar-refractivity contribution in [1.82, 2.24) is 5.32 Å². The van der Waals surface area contributed by atoms with Gasteiger partial charge in [-0.25, -0.2) is 4.79 Å². The summed E-state index contributed by atoms with van der Waals surface area (Å²) >= 11 is 1.40. The minimum absolute atomic E-state index is 0.115. The molecule has 0 aliphatic heterocycles. The van der Waals surface area contributed by atoms with Crippen LogP contribution in [0.25, 0.3) is 0 Å². The molecule has 15 heavy (non-hydrogen) atoms. The Morgan fingerprint density at radius 2 is 2.13 bits per heavy atom. The van der Waals surface area contributed by atoms with Gasteiger partial charge in [-0.2, -0.15) is 0 Å². The van der Waals surface area contributed by atoms with Crippen molar-refractivity contribution in [2.24, 2.45) is 5.92 Å². The zero-order valence-corrected chi connectivity index (χ0v) is 9.84. The smallest absolute Gasteiger partial charge is 0.326 e. The number of hydrogen-bond acceptors (Lipinski definition) is 3. The number of carbonyl (C=O) groups is 2. The van der Waals surface area contributed by atoms with Crippen LogP contribution in [0.1, 0.15) is 13.8 Å². The van der Waals surface area contributed by atoms with E-state index in [0.717, 1.165) is 0 Å². The third-order valence-electron chi connectivity index (χ3n) is 1.72. The molecule has 0 aliphatic carbocycles. The first kappa shape index (κ1) is 14.0. The summed E-state index contributed by atoms with van der Waals surface area (Å²) in [4.78, 5) is 22.1. The second-order valence-corrected chi connectivity index (χ2v) is 4.46. The van der Waals surface area contributed by atoms with E-state index in [1.807, 2.05) is 0 Å². The highest BCUT2D eigenvalue weighted by Gasteiger charge is 2.22. The molecule has 1 amide bonds. The molecule has 0 aliphatic rings. The summed E-state index contributed by atoms with van der Waals surface area (Å²) < 4.78 is 0. The van der Waals surface area contributed by atoms with Gasteiger partial charge < -0.3 is 10.4 Å². The number of carbonyl (C=O) groups excluding carboxylic acids is 1. The van der Waals surface area contributed by atoms with E-state index in [4.69, 9.17) is 5.11 Å². The van der Waals surface area contributed by atoms with Crippen LogP contribution in [0.2, 0.25) is 0 Å². The Hall–Kier alpha value is -0.970. The van der Waals surface area contributed by atoms with E-state index in [2.05, 4.69) is 11.9 Å². The molecule has 0 aromatic carbocycles. The highest BCUT2D eigenvalue weighted by Crippen LogP contribution is 2.04. The van der Waals surface area contributed by atoms with Gasteiger partial charge >= 0.3 is 5.97 Å². The summed E-state index contributed by atoms with van der Waals surface area (Å²) in [5, 5.41) is 11.3. The van der Waals surface area contributed by atoms with Gasteiger partial charge in [0.05, 0.1) is 5.75 Å². The normalized spacial score (nSPS) is 12.2. The van der Waals surface area contributed by atoms with Crippen molar-refractivity contribution >= 4 is 23.6 Å². The lowest BCUT2D eigenvalue weighted by atomic mass is 10.1. The average Bonchev–Trinajstić information content (AvgIpc) is 2.13. The second-order valence-electron chi connectivity index (χ2n) is 3.43. The minimum atomic E-state index is -0.993. The molecule has 0 aromatic heterocycles. The predicted octanol–water partition coefficient (Wildman–Crippen LogP) is 1.13. The lowest BCUT2D eigenvalue weighted by Crippen LogP contribution is -2.45. The molecule has 5 heteroatoms. The summed E-state index contributed by atoms with van der Waals surface area (Å²) in [5.41, 5.74) is 0. The van der Waals surface area contributed by atoms with Gasteiger partial charge in [-0.15, -0.1) is 18.3 Å². The number of thioether (sulfide) groups is 1. The van der Waals surface area contributed by atoms with Gasteiger partial charge in [-0.1, -0.05) is 19.9 Å². The Bertz CT molecular complexity index is 241. The second kappa shape index (κ2) is 7.34. The zero-order valence-electron chi connectivity index (χ0n) is 9.03. The maximum absolute atomic E-state index is 11.3. The summed E-state index contributed by atoms with van der Waals surface area (Å²) in [6.45, 7) is 7.05. The number of amides is 1. The number of carboxylic acid groups (broad SMARTS) is 1. The van der Waals surface area contributed by atoms with E-state index in [1.165, 1.54) is 11.8 Å². The maximum atomic E-state index is 11.3. The molecule has 0 fully saturated rings. The fourth-order valence-corrected chi connectivity index (χ4v) is 1.52. The highest BCUT2D eigenvalue weighted by molar-refractivity contribution is 8.00. The van der Waals surface area contributed by atoms with Gasteiger partial charge in [-0.05, 0) is 5.92 Å². The van der Waals surface area contributed by atoms with Crippen molar-refractivity contribution in [3.05, 3.63) is 12.7 Å². The third-order valence-corrected chi connectivity index (χ3v) is 2.66. The summed E-state index contributed by atoms with van der Waals surface area (Å²) in [5.74, 6) is -0.402. The van der Waals surface area contributed by atoms with Gasteiger partial charge in [0.1, 0.15) is 6.04 Å². The number of aliphatic carboxylic acids is 1. The van der Waals surface area contributed by atoms with Crippen LogP contribution in [0.15, 0.2) is 12.7 Å². The first-order valence-corrected chi connectivity index (χ1v) is 5.85. The summed E-state index contributed by atoms with van der Waals surface area (Å²) in [7, 11) is 0. The molecule has 0 spiro atoms. The SMILES string of the molecule is C=CCSCC(=O)NC(C(=O)O)C(C)C.